The summed E-state index contributed by atoms with van der Waals surface area (Å²) in [5.41, 5.74) is 1.79. The third-order valence-electron chi connectivity index (χ3n) is 3.83. The van der Waals surface area contributed by atoms with Crippen molar-refractivity contribution in [2.45, 2.75) is 19.8 Å². The molecule has 1 heterocycles. The van der Waals surface area contributed by atoms with E-state index in [9.17, 15) is 9.59 Å². The van der Waals surface area contributed by atoms with Crippen LogP contribution in [0.25, 0.3) is 11.3 Å². The fraction of sp³-hybridized carbons (Fsp3) is 0.150. The van der Waals surface area contributed by atoms with E-state index in [0.29, 0.717) is 34.5 Å². The minimum Gasteiger partial charge on any atom is -0.441 e. The molecular formula is C20H17BrClN3O3. The molecule has 0 saturated carbocycles. The van der Waals surface area contributed by atoms with Gasteiger partial charge in [0.15, 0.2) is 11.7 Å². The summed E-state index contributed by atoms with van der Waals surface area (Å²) < 4.78 is 6.49. The van der Waals surface area contributed by atoms with Crippen molar-refractivity contribution in [3.63, 3.8) is 0 Å². The lowest BCUT2D eigenvalue weighted by Crippen LogP contribution is -2.15. The van der Waals surface area contributed by atoms with Crippen LogP contribution in [0.15, 0.2) is 57.6 Å². The van der Waals surface area contributed by atoms with Crippen LogP contribution in [0.5, 0.6) is 0 Å². The number of aromatic nitrogens is 1. The van der Waals surface area contributed by atoms with Crippen LogP contribution in [-0.4, -0.2) is 16.8 Å². The summed E-state index contributed by atoms with van der Waals surface area (Å²) in [7, 11) is 0. The maximum Gasteiger partial charge on any atom is 0.224 e. The lowest BCUT2D eigenvalue weighted by atomic mass is 10.2. The van der Waals surface area contributed by atoms with Gasteiger partial charge in [0.05, 0.1) is 22.6 Å². The van der Waals surface area contributed by atoms with Crippen LogP contribution in [0.4, 0.5) is 11.4 Å². The number of anilines is 2. The number of oxazole rings is 1. The number of nitrogens with one attached hydrogen (secondary N) is 2. The van der Waals surface area contributed by atoms with Gasteiger partial charge in [-0.1, -0.05) is 39.7 Å². The fourth-order valence-electron chi connectivity index (χ4n) is 2.56. The molecule has 2 aromatic carbocycles. The lowest BCUT2D eigenvalue weighted by molar-refractivity contribution is -0.116. The van der Waals surface area contributed by atoms with E-state index in [0.717, 1.165) is 10.0 Å². The average Bonchev–Trinajstić information content (AvgIpc) is 3.11. The number of aryl methyl sites for hydroxylation is 1. The fourth-order valence-corrected chi connectivity index (χ4v) is 3.15. The topological polar surface area (TPSA) is 84.2 Å². The van der Waals surface area contributed by atoms with Crippen LogP contribution >= 0.6 is 27.5 Å². The average molecular weight is 463 g/mol. The molecule has 0 radical (unpaired) electrons. The largest absolute Gasteiger partial charge is 0.441 e. The van der Waals surface area contributed by atoms with Gasteiger partial charge < -0.3 is 15.1 Å². The monoisotopic (exact) mass is 461 g/mol. The SMILES string of the molecule is CC(=O)Nc1ccc(Br)cc1NC(=O)CCc1ncc(-c2ccccc2Cl)o1. The number of amides is 2. The zero-order valence-corrected chi connectivity index (χ0v) is 17.3. The van der Waals surface area contributed by atoms with Crippen molar-refractivity contribution >= 4 is 50.7 Å². The molecule has 0 spiro atoms. The second-order valence-corrected chi connectivity index (χ2v) is 7.34. The van der Waals surface area contributed by atoms with Crippen LogP contribution in [0.2, 0.25) is 5.02 Å². The van der Waals surface area contributed by atoms with Crippen LogP contribution < -0.4 is 10.6 Å². The highest BCUT2D eigenvalue weighted by molar-refractivity contribution is 9.10. The highest BCUT2D eigenvalue weighted by Crippen LogP contribution is 2.29. The molecule has 144 valence electrons. The number of benzene rings is 2. The minimum atomic E-state index is -0.220. The number of halogens is 2. The molecule has 28 heavy (non-hydrogen) atoms. The van der Waals surface area contributed by atoms with E-state index in [-0.39, 0.29) is 18.2 Å². The van der Waals surface area contributed by atoms with Crippen molar-refractivity contribution in [2.24, 2.45) is 0 Å². The van der Waals surface area contributed by atoms with Gasteiger partial charge in [-0.3, -0.25) is 9.59 Å². The van der Waals surface area contributed by atoms with Crippen molar-refractivity contribution in [2.75, 3.05) is 10.6 Å². The number of rotatable bonds is 6. The smallest absolute Gasteiger partial charge is 0.224 e. The summed E-state index contributed by atoms with van der Waals surface area (Å²) in [6.45, 7) is 1.41. The number of nitrogens with zero attached hydrogens (tertiary/aromatic N) is 1. The third kappa shape index (κ3) is 5.21. The van der Waals surface area contributed by atoms with E-state index >= 15 is 0 Å². The minimum absolute atomic E-state index is 0.175. The number of hydrogen-bond acceptors (Lipinski definition) is 4. The van der Waals surface area contributed by atoms with E-state index in [1.54, 1.807) is 30.5 Å². The van der Waals surface area contributed by atoms with E-state index in [1.807, 2.05) is 18.2 Å². The van der Waals surface area contributed by atoms with Gasteiger partial charge >= 0.3 is 0 Å². The Morgan fingerprint density at radius 1 is 1.14 bits per heavy atom. The van der Waals surface area contributed by atoms with E-state index in [1.165, 1.54) is 6.92 Å². The normalized spacial score (nSPS) is 10.5. The first-order valence-electron chi connectivity index (χ1n) is 8.49. The van der Waals surface area contributed by atoms with Crippen molar-refractivity contribution in [1.29, 1.82) is 0 Å². The zero-order valence-electron chi connectivity index (χ0n) is 15.0. The Hall–Kier alpha value is -2.64. The molecule has 3 rings (SSSR count). The highest BCUT2D eigenvalue weighted by Gasteiger charge is 2.13. The van der Waals surface area contributed by atoms with Crippen molar-refractivity contribution in [3.05, 3.63) is 64.0 Å². The Labute approximate surface area is 175 Å². The summed E-state index contributed by atoms with van der Waals surface area (Å²) >= 11 is 9.52. The summed E-state index contributed by atoms with van der Waals surface area (Å²) in [6.07, 6.45) is 2.10. The Morgan fingerprint density at radius 3 is 2.68 bits per heavy atom. The third-order valence-corrected chi connectivity index (χ3v) is 4.65. The van der Waals surface area contributed by atoms with Crippen LogP contribution in [-0.2, 0) is 16.0 Å². The summed E-state index contributed by atoms with van der Waals surface area (Å²) in [5, 5.41) is 6.06. The molecule has 2 amide bonds. The van der Waals surface area contributed by atoms with Gasteiger partial charge in [-0.2, -0.15) is 0 Å². The lowest BCUT2D eigenvalue weighted by Gasteiger charge is -2.11. The van der Waals surface area contributed by atoms with Gasteiger partial charge in [0, 0.05) is 29.8 Å². The molecule has 0 aliphatic heterocycles. The first-order valence-corrected chi connectivity index (χ1v) is 9.66. The van der Waals surface area contributed by atoms with Crippen LogP contribution in [0, 0.1) is 0 Å². The van der Waals surface area contributed by atoms with Gasteiger partial charge in [-0.05, 0) is 30.3 Å². The van der Waals surface area contributed by atoms with Gasteiger partial charge in [0.25, 0.3) is 0 Å². The molecule has 0 aliphatic carbocycles. The molecule has 0 aliphatic rings. The van der Waals surface area contributed by atoms with Gasteiger partial charge in [0.2, 0.25) is 11.8 Å². The summed E-state index contributed by atoms with van der Waals surface area (Å²) in [5.74, 6) is 0.564. The summed E-state index contributed by atoms with van der Waals surface area (Å²) in [4.78, 5) is 27.9. The molecule has 3 aromatic rings. The maximum absolute atomic E-state index is 12.3. The standard InChI is InChI=1S/C20H17BrClN3O3/c1-12(26)24-16-7-6-13(21)10-17(16)25-19(27)8-9-20-23-11-18(28-20)14-4-2-3-5-15(14)22/h2-7,10-11H,8-9H2,1H3,(H,24,26)(H,25,27). The van der Waals surface area contributed by atoms with E-state index in [4.69, 9.17) is 16.0 Å². The molecule has 0 bridgehead atoms. The summed E-state index contributed by atoms with van der Waals surface area (Å²) in [6, 6.07) is 12.5. The molecular weight excluding hydrogens is 446 g/mol. The second-order valence-electron chi connectivity index (χ2n) is 6.02. The number of carbonyl (C=O) groups excluding carboxylic acids is 2. The van der Waals surface area contributed by atoms with Gasteiger partial charge in [-0.25, -0.2) is 4.98 Å². The van der Waals surface area contributed by atoms with Crippen molar-refractivity contribution in [1.82, 2.24) is 4.98 Å². The Bertz CT molecular complexity index is 1020. The van der Waals surface area contributed by atoms with Crippen molar-refractivity contribution in [3.8, 4) is 11.3 Å². The molecule has 0 unspecified atom stereocenters. The Morgan fingerprint density at radius 2 is 1.93 bits per heavy atom. The van der Waals surface area contributed by atoms with Crippen LogP contribution in [0.1, 0.15) is 19.2 Å². The van der Waals surface area contributed by atoms with Crippen molar-refractivity contribution < 1.29 is 14.0 Å². The van der Waals surface area contributed by atoms with Gasteiger partial charge in [-0.15, -0.1) is 0 Å². The zero-order chi connectivity index (χ0) is 20.1. The Kier molecular flexibility index (Phi) is 6.49. The molecule has 1 aromatic heterocycles. The Balaban J connectivity index is 1.63. The molecule has 0 saturated heterocycles. The van der Waals surface area contributed by atoms with E-state index < -0.39 is 0 Å². The molecule has 2 N–H and O–H groups in total. The highest BCUT2D eigenvalue weighted by atomic mass is 79.9. The quantitative estimate of drug-likeness (QED) is 0.521. The first kappa shape index (κ1) is 20.1. The first-order chi connectivity index (χ1) is 13.4. The number of carbonyl (C=O) groups is 2. The molecule has 8 heteroatoms. The predicted molar refractivity (Wildman–Crippen MR) is 112 cm³/mol. The predicted octanol–water partition coefficient (Wildman–Crippen LogP) is 5.29. The van der Waals surface area contributed by atoms with Crippen LogP contribution in [0.3, 0.4) is 0 Å². The molecule has 6 nitrogen and oxygen atoms in total. The second kappa shape index (κ2) is 9.03. The molecule has 0 fully saturated rings. The van der Waals surface area contributed by atoms with E-state index in [2.05, 4.69) is 31.5 Å². The molecule has 0 atom stereocenters. The van der Waals surface area contributed by atoms with Gasteiger partial charge in [0.1, 0.15) is 0 Å². The number of hydrogen-bond donors (Lipinski definition) is 2. The maximum atomic E-state index is 12.3.